The van der Waals surface area contributed by atoms with E-state index < -0.39 is 0 Å². The Labute approximate surface area is 179 Å². The lowest BCUT2D eigenvalue weighted by Gasteiger charge is -2.43. The Hall–Kier alpha value is -3.67. The lowest BCUT2D eigenvalue weighted by atomic mass is 9.82. The third kappa shape index (κ3) is 3.06. The van der Waals surface area contributed by atoms with Crippen LogP contribution in [0, 0.1) is 5.92 Å². The van der Waals surface area contributed by atoms with E-state index in [-0.39, 0.29) is 17.4 Å². The highest BCUT2D eigenvalue weighted by atomic mass is 16.2. The van der Waals surface area contributed by atoms with Gasteiger partial charge in [0.15, 0.2) is 0 Å². The van der Waals surface area contributed by atoms with Crippen LogP contribution < -0.4 is 5.56 Å². The molecule has 1 fully saturated rings. The summed E-state index contributed by atoms with van der Waals surface area (Å²) in [6, 6.07) is 17.3. The molecule has 6 nitrogen and oxygen atoms in total. The number of benzene rings is 1. The molecule has 6 rings (SSSR count). The van der Waals surface area contributed by atoms with Gasteiger partial charge in [-0.15, -0.1) is 0 Å². The monoisotopic (exact) mass is 410 g/mol. The Morgan fingerprint density at radius 3 is 2.84 bits per heavy atom. The van der Waals surface area contributed by atoms with E-state index in [1.54, 1.807) is 12.3 Å². The number of nitrogens with zero attached hydrogens (tertiary/aromatic N) is 3. The van der Waals surface area contributed by atoms with Crippen LogP contribution in [0.1, 0.15) is 28.4 Å². The zero-order chi connectivity index (χ0) is 20.9. The minimum atomic E-state index is 0.0190. The Kier molecular flexibility index (Phi) is 4.06. The van der Waals surface area contributed by atoms with Crippen LogP contribution in [0.25, 0.3) is 22.2 Å². The Morgan fingerprint density at radius 2 is 1.97 bits per heavy atom. The molecule has 2 atom stereocenters. The Balaban J connectivity index is 1.34. The number of aromatic nitrogens is 3. The summed E-state index contributed by atoms with van der Waals surface area (Å²) < 4.78 is 1.90. The Bertz CT molecular complexity index is 1350. The summed E-state index contributed by atoms with van der Waals surface area (Å²) in [5.74, 6) is 0.517. The maximum atomic E-state index is 13.3. The predicted octanol–water partition coefficient (Wildman–Crippen LogP) is 3.65. The molecule has 1 N–H and O–H groups in total. The molecule has 5 heterocycles. The second kappa shape index (κ2) is 6.94. The van der Waals surface area contributed by atoms with Crippen LogP contribution in [-0.2, 0) is 6.54 Å². The molecule has 31 heavy (non-hydrogen) atoms. The molecule has 2 bridgehead atoms. The van der Waals surface area contributed by atoms with E-state index in [9.17, 15) is 9.59 Å². The van der Waals surface area contributed by atoms with Gasteiger partial charge in [0.05, 0.1) is 5.69 Å². The fourth-order valence-electron chi connectivity index (χ4n) is 5.18. The van der Waals surface area contributed by atoms with Crippen LogP contribution in [0.3, 0.4) is 0 Å². The molecule has 154 valence electrons. The number of hydrogen-bond donors (Lipinski definition) is 1. The fraction of sp³-hybridized carbons (Fsp3) is 0.240. The van der Waals surface area contributed by atoms with Crippen LogP contribution in [-0.4, -0.2) is 38.4 Å². The van der Waals surface area contributed by atoms with Crippen molar-refractivity contribution in [3.63, 3.8) is 0 Å². The largest absolute Gasteiger partial charge is 0.361 e. The molecular weight excluding hydrogens is 388 g/mol. The minimum absolute atomic E-state index is 0.0190. The number of carbonyl (C=O) groups is 1. The van der Waals surface area contributed by atoms with Crippen LogP contribution in [0.2, 0.25) is 0 Å². The molecule has 0 aliphatic carbocycles. The highest BCUT2D eigenvalue weighted by Gasteiger charge is 2.37. The number of H-pyrrole nitrogens is 1. The summed E-state index contributed by atoms with van der Waals surface area (Å²) in [7, 11) is 0. The third-order valence-electron chi connectivity index (χ3n) is 6.60. The topological polar surface area (TPSA) is 71.0 Å². The average Bonchev–Trinajstić information content (AvgIpc) is 3.27. The minimum Gasteiger partial charge on any atom is -0.361 e. The second-order valence-electron chi connectivity index (χ2n) is 8.62. The van der Waals surface area contributed by atoms with Gasteiger partial charge in [-0.05, 0) is 54.8 Å². The van der Waals surface area contributed by atoms with E-state index >= 15 is 0 Å². The molecule has 0 spiro atoms. The maximum absolute atomic E-state index is 13.3. The molecule has 3 aromatic heterocycles. The highest BCUT2D eigenvalue weighted by molar-refractivity contribution is 5.98. The first-order valence-corrected chi connectivity index (χ1v) is 10.7. The molecule has 1 amide bonds. The molecule has 0 unspecified atom stereocenters. The first-order chi connectivity index (χ1) is 15.2. The van der Waals surface area contributed by atoms with Crippen LogP contribution in [0.4, 0.5) is 0 Å². The van der Waals surface area contributed by atoms with Gasteiger partial charge < -0.3 is 14.5 Å². The average molecular weight is 410 g/mol. The van der Waals surface area contributed by atoms with Crippen molar-refractivity contribution in [1.82, 2.24) is 19.4 Å². The van der Waals surface area contributed by atoms with Gasteiger partial charge in [-0.25, -0.2) is 0 Å². The molecule has 0 radical (unpaired) electrons. The van der Waals surface area contributed by atoms with Gasteiger partial charge in [-0.3, -0.25) is 14.6 Å². The summed E-state index contributed by atoms with van der Waals surface area (Å²) in [5.41, 5.74) is 4.42. The summed E-state index contributed by atoms with van der Waals surface area (Å²) in [6.45, 7) is 1.98. The van der Waals surface area contributed by atoms with Gasteiger partial charge in [0.1, 0.15) is 0 Å². The van der Waals surface area contributed by atoms with Crippen LogP contribution in [0.5, 0.6) is 0 Å². The second-order valence-corrected chi connectivity index (χ2v) is 8.62. The third-order valence-corrected chi connectivity index (χ3v) is 6.60. The van der Waals surface area contributed by atoms with Crippen LogP contribution in [0.15, 0.2) is 71.8 Å². The number of piperidine rings is 1. The number of amides is 1. The summed E-state index contributed by atoms with van der Waals surface area (Å²) in [6.07, 6.45) is 4.63. The van der Waals surface area contributed by atoms with E-state index in [0.717, 1.165) is 34.3 Å². The maximum Gasteiger partial charge on any atom is 0.253 e. The number of carbonyl (C=O) groups excluding carboxylic acids is 1. The van der Waals surface area contributed by atoms with Gasteiger partial charge in [-0.2, -0.15) is 0 Å². The number of fused-ring (bicyclic) bond motifs is 5. The zero-order valence-corrected chi connectivity index (χ0v) is 17.0. The van der Waals surface area contributed by atoms with E-state index in [0.29, 0.717) is 31.1 Å². The zero-order valence-electron chi connectivity index (χ0n) is 17.0. The van der Waals surface area contributed by atoms with Crippen molar-refractivity contribution in [3.05, 3.63) is 88.6 Å². The highest BCUT2D eigenvalue weighted by Crippen LogP contribution is 2.37. The first kappa shape index (κ1) is 18.1. The normalized spacial score (nSPS) is 19.9. The number of likely N-dealkylation sites (tertiary alicyclic amines) is 1. The van der Waals surface area contributed by atoms with E-state index in [1.165, 1.54) is 0 Å². The fourth-order valence-corrected chi connectivity index (χ4v) is 5.18. The van der Waals surface area contributed by atoms with E-state index in [1.807, 2.05) is 58.1 Å². The smallest absolute Gasteiger partial charge is 0.253 e. The lowest BCUT2D eigenvalue weighted by Crippen LogP contribution is -2.49. The number of hydrogen-bond acceptors (Lipinski definition) is 3. The van der Waals surface area contributed by atoms with Gasteiger partial charge >= 0.3 is 0 Å². The van der Waals surface area contributed by atoms with E-state index in [2.05, 4.69) is 16.0 Å². The predicted molar refractivity (Wildman–Crippen MR) is 119 cm³/mol. The number of pyridine rings is 2. The summed E-state index contributed by atoms with van der Waals surface area (Å²) in [4.78, 5) is 35.7. The van der Waals surface area contributed by atoms with Crippen molar-refractivity contribution < 1.29 is 4.79 Å². The molecule has 1 saturated heterocycles. The van der Waals surface area contributed by atoms with Crippen molar-refractivity contribution in [3.8, 4) is 11.3 Å². The van der Waals surface area contributed by atoms with Crippen LogP contribution >= 0.6 is 0 Å². The van der Waals surface area contributed by atoms with Gasteiger partial charge in [0.2, 0.25) is 0 Å². The first-order valence-electron chi connectivity index (χ1n) is 10.7. The molecule has 6 heteroatoms. The number of nitrogens with one attached hydrogen (secondary N) is 1. The van der Waals surface area contributed by atoms with E-state index in [4.69, 9.17) is 0 Å². The molecular formula is C25H22N4O2. The lowest BCUT2D eigenvalue weighted by molar-refractivity contribution is 0.0595. The van der Waals surface area contributed by atoms with Crippen molar-refractivity contribution in [2.45, 2.75) is 18.9 Å². The van der Waals surface area contributed by atoms with Crippen molar-refractivity contribution >= 4 is 16.8 Å². The molecule has 2 aliphatic rings. The number of aromatic amines is 1. The standard InChI is InChI=1S/C25H22N4O2/c30-24-12-19(21-3-1-2-7-26-21)11-23-20-9-16(14-29(23)24)13-28(15-20)25(31)18-4-5-22-17(10-18)6-8-27-22/h1-8,10-12,16,20,27H,9,13-15H2/t16-,20+/m0/s1. The number of rotatable bonds is 2. The van der Waals surface area contributed by atoms with Crippen molar-refractivity contribution in [2.75, 3.05) is 13.1 Å². The summed E-state index contributed by atoms with van der Waals surface area (Å²) in [5, 5.41) is 1.04. The molecule has 4 aromatic rings. The quantitative estimate of drug-likeness (QED) is 0.548. The molecule has 1 aromatic carbocycles. The molecule has 0 saturated carbocycles. The van der Waals surface area contributed by atoms with Crippen molar-refractivity contribution in [2.24, 2.45) is 5.92 Å². The van der Waals surface area contributed by atoms with Gasteiger partial charge in [0, 0.05) is 71.7 Å². The Morgan fingerprint density at radius 1 is 1.03 bits per heavy atom. The molecule has 2 aliphatic heterocycles. The summed E-state index contributed by atoms with van der Waals surface area (Å²) >= 11 is 0. The van der Waals surface area contributed by atoms with Crippen molar-refractivity contribution in [1.29, 1.82) is 0 Å². The van der Waals surface area contributed by atoms with Gasteiger partial charge in [0.25, 0.3) is 11.5 Å². The van der Waals surface area contributed by atoms with Gasteiger partial charge in [-0.1, -0.05) is 6.07 Å². The SMILES string of the molecule is O=C(c1ccc2[nH]ccc2c1)N1C[C@@H]2C[C@H](C1)c1cc(-c3ccccn3)cc(=O)n1C2.